The third-order valence-electron chi connectivity index (χ3n) is 5.62. The number of aromatic nitrogens is 5. The van der Waals surface area contributed by atoms with Crippen LogP contribution < -0.4 is 4.74 Å². The van der Waals surface area contributed by atoms with Crippen LogP contribution >= 0.6 is 0 Å². The number of carbonyl (C=O) groups is 1. The van der Waals surface area contributed by atoms with Gasteiger partial charge in [0.15, 0.2) is 0 Å². The standard InChI is InChI=1S/C25H22N6O2/c32-25(20-11-19(12-26-13-20)21-14-27-17-28-15-21)31-10-4-5-18(16-31)23-24(30-9-8-29-23)33-22-6-2-1-3-7-22/h1-3,6-9,11-15,17-18H,4-5,10,16H2/t18-/m0/s1. The molecule has 5 rings (SSSR count). The predicted molar refractivity (Wildman–Crippen MR) is 122 cm³/mol. The molecule has 4 aromatic rings. The summed E-state index contributed by atoms with van der Waals surface area (Å²) in [4.78, 5) is 36.5. The lowest BCUT2D eigenvalue weighted by atomic mass is 9.94. The first-order valence-electron chi connectivity index (χ1n) is 10.8. The van der Waals surface area contributed by atoms with Crippen molar-refractivity contribution in [2.45, 2.75) is 18.8 Å². The molecule has 0 bridgehead atoms. The highest BCUT2D eigenvalue weighted by atomic mass is 16.5. The second-order valence-corrected chi connectivity index (χ2v) is 7.84. The topological polar surface area (TPSA) is 94.0 Å². The zero-order chi connectivity index (χ0) is 22.5. The second-order valence-electron chi connectivity index (χ2n) is 7.84. The minimum absolute atomic E-state index is 0.0359. The monoisotopic (exact) mass is 438 g/mol. The van der Waals surface area contributed by atoms with Gasteiger partial charge in [0.1, 0.15) is 17.8 Å². The molecule has 1 aliphatic rings. The molecule has 1 amide bonds. The van der Waals surface area contributed by atoms with Gasteiger partial charge in [0.2, 0.25) is 5.88 Å². The van der Waals surface area contributed by atoms with E-state index in [4.69, 9.17) is 4.74 Å². The number of para-hydroxylation sites is 1. The SMILES string of the molecule is O=C(c1cncc(-c2cncnc2)c1)N1CCC[C@H](c2nccnc2Oc2ccccc2)C1. The molecule has 0 aliphatic carbocycles. The molecule has 1 saturated heterocycles. The van der Waals surface area contributed by atoms with Gasteiger partial charge in [0.25, 0.3) is 5.91 Å². The zero-order valence-electron chi connectivity index (χ0n) is 17.9. The van der Waals surface area contributed by atoms with Crippen LogP contribution in [-0.4, -0.2) is 48.8 Å². The predicted octanol–water partition coefficient (Wildman–Crippen LogP) is 4.14. The number of piperidine rings is 1. The lowest BCUT2D eigenvalue weighted by molar-refractivity contribution is 0.0704. The number of carbonyl (C=O) groups excluding carboxylic acids is 1. The van der Waals surface area contributed by atoms with Gasteiger partial charge >= 0.3 is 0 Å². The quantitative estimate of drug-likeness (QED) is 0.462. The molecule has 1 fully saturated rings. The van der Waals surface area contributed by atoms with Crippen molar-refractivity contribution in [2.75, 3.05) is 13.1 Å². The average Bonchev–Trinajstić information content (AvgIpc) is 2.90. The van der Waals surface area contributed by atoms with E-state index in [1.807, 2.05) is 41.3 Å². The van der Waals surface area contributed by atoms with Crippen LogP contribution in [0.1, 0.15) is 34.8 Å². The average molecular weight is 438 g/mol. The molecule has 1 aromatic carbocycles. The molecule has 0 saturated carbocycles. The molecular formula is C25H22N6O2. The van der Waals surface area contributed by atoms with Gasteiger partial charge in [-0.3, -0.25) is 14.8 Å². The minimum Gasteiger partial charge on any atom is -0.437 e. The van der Waals surface area contributed by atoms with Gasteiger partial charge in [-0.05, 0) is 31.0 Å². The summed E-state index contributed by atoms with van der Waals surface area (Å²) in [6.07, 6.45) is 13.3. The Balaban J connectivity index is 1.35. The second kappa shape index (κ2) is 9.52. The Morgan fingerprint density at radius 1 is 0.939 bits per heavy atom. The van der Waals surface area contributed by atoms with E-state index >= 15 is 0 Å². The molecule has 0 N–H and O–H groups in total. The van der Waals surface area contributed by atoms with E-state index in [2.05, 4.69) is 24.9 Å². The van der Waals surface area contributed by atoms with Crippen LogP contribution in [0.15, 0.2) is 79.9 Å². The van der Waals surface area contributed by atoms with E-state index in [-0.39, 0.29) is 11.8 Å². The number of likely N-dealkylation sites (tertiary alicyclic amines) is 1. The van der Waals surface area contributed by atoms with Crippen molar-refractivity contribution in [3.05, 3.63) is 91.2 Å². The molecule has 8 heteroatoms. The normalized spacial score (nSPS) is 15.8. The molecule has 1 aliphatic heterocycles. The number of nitrogens with zero attached hydrogens (tertiary/aromatic N) is 6. The minimum atomic E-state index is -0.0553. The Kier molecular flexibility index (Phi) is 5.97. The summed E-state index contributed by atoms with van der Waals surface area (Å²) in [5.41, 5.74) is 2.94. The van der Waals surface area contributed by atoms with Crippen LogP contribution in [0.4, 0.5) is 0 Å². The van der Waals surface area contributed by atoms with E-state index in [9.17, 15) is 4.79 Å². The third-order valence-corrected chi connectivity index (χ3v) is 5.62. The fourth-order valence-corrected chi connectivity index (χ4v) is 4.03. The molecule has 0 unspecified atom stereocenters. The summed E-state index contributed by atoms with van der Waals surface area (Å²) < 4.78 is 6.01. The van der Waals surface area contributed by atoms with Gasteiger partial charge < -0.3 is 9.64 Å². The Bertz CT molecular complexity index is 1240. The van der Waals surface area contributed by atoms with Crippen LogP contribution in [0.5, 0.6) is 11.6 Å². The molecular weight excluding hydrogens is 416 g/mol. The van der Waals surface area contributed by atoms with Crippen LogP contribution in [0.25, 0.3) is 11.1 Å². The highest BCUT2D eigenvalue weighted by Gasteiger charge is 2.29. The van der Waals surface area contributed by atoms with Gasteiger partial charge in [-0.1, -0.05) is 18.2 Å². The van der Waals surface area contributed by atoms with Crippen LogP contribution in [0.3, 0.4) is 0 Å². The molecule has 1 atom stereocenters. The zero-order valence-corrected chi connectivity index (χ0v) is 17.9. The van der Waals surface area contributed by atoms with E-state index < -0.39 is 0 Å². The van der Waals surface area contributed by atoms with Gasteiger partial charge in [0, 0.05) is 67.3 Å². The summed E-state index contributed by atoms with van der Waals surface area (Å²) in [5.74, 6) is 1.17. The Labute approximate surface area is 191 Å². The van der Waals surface area contributed by atoms with Crippen molar-refractivity contribution in [1.82, 2.24) is 29.8 Å². The summed E-state index contributed by atoms with van der Waals surface area (Å²) in [7, 11) is 0. The van der Waals surface area contributed by atoms with Crippen LogP contribution in [0, 0.1) is 0 Å². The van der Waals surface area contributed by atoms with E-state index in [1.165, 1.54) is 6.33 Å². The van der Waals surface area contributed by atoms with E-state index in [0.717, 1.165) is 29.7 Å². The largest absolute Gasteiger partial charge is 0.437 e. The Morgan fingerprint density at radius 2 is 1.73 bits per heavy atom. The van der Waals surface area contributed by atoms with Crippen molar-refractivity contribution in [3.63, 3.8) is 0 Å². The number of benzene rings is 1. The number of hydrogen-bond donors (Lipinski definition) is 0. The number of pyridine rings is 1. The maximum Gasteiger partial charge on any atom is 0.255 e. The highest BCUT2D eigenvalue weighted by Crippen LogP contribution is 2.33. The lowest BCUT2D eigenvalue weighted by Crippen LogP contribution is -2.39. The first-order valence-corrected chi connectivity index (χ1v) is 10.8. The molecule has 3 aromatic heterocycles. The van der Waals surface area contributed by atoms with E-state index in [0.29, 0.717) is 30.3 Å². The number of amides is 1. The molecule has 8 nitrogen and oxygen atoms in total. The smallest absolute Gasteiger partial charge is 0.255 e. The maximum atomic E-state index is 13.3. The van der Waals surface area contributed by atoms with Crippen LogP contribution in [-0.2, 0) is 0 Å². The molecule has 164 valence electrons. The number of hydrogen-bond acceptors (Lipinski definition) is 7. The van der Waals surface area contributed by atoms with Crippen molar-refractivity contribution in [1.29, 1.82) is 0 Å². The van der Waals surface area contributed by atoms with E-state index in [1.54, 1.807) is 37.2 Å². The Hall–Kier alpha value is -4.20. The maximum absolute atomic E-state index is 13.3. The van der Waals surface area contributed by atoms with Gasteiger partial charge in [-0.2, -0.15) is 0 Å². The summed E-state index contributed by atoms with van der Waals surface area (Å²) >= 11 is 0. The number of rotatable bonds is 5. The number of ether oxygens (including phenoxy) is 1. The fourth-order valence-electron chi connectivity index (χ4n) is 4.03. The van der Waals surface area contributed by atoms with Gasteiger partial charge in [-0.15, -0.1) is 0 Å². The summed E-state index contributed by atoms with van der Waals surface area (Å²) in [6.45, 7) is 1.23. The Morgan fingerprint density at radius 3 is 2.58 bits per heavy atom. The summed E-state index contributed by atoms with van der Waals surface area (Å²) in [6, 6.07) is 11.4. The van der Waals surface area contributed by atoms with Crippen molar-refractivity contribution < 1.29 is 9.53 Å². The van der Waals surface area contributed by atoms with Gasteiger partial charge in [0.05, 0.1) is 5.56 Å². The molecule has 4 heterocycles. The van der Waals surface area contributed by atoms with Gasteiger partial charge in [-0.25, -0.2) is 15.0 Å². The third kappa shape index (κ3) is 4.69. The highest BCUT2D eigenvalue weighted by molar-refractivity contribution is 5.95. The van der Waals surface area contributed by atoms with Crippen molar-refractivity contribution in [2.24, 2.45) is 0 Å². The van der Waals surface area contributed by atoms with Crippen LogP contribution in [0.2, 0.25) is 0 Å². The first kappa shape index (κ1) is 20.7. The fraction of sp³-hybridized carbons (Fsp3) is 0.200. The molecule has 0 radical (unpaired) electrons. The lowest BCUT2D eigenvalue weighted by Gasteiger charge is -2.32. The first-order chi connectivity index (χ1) is 16.3. The summed E-state index contributed by atoms with van der Waals surface area (Å²) in [5, 5.41) is 0. The molecule has 0 spiro atoms. The van der Waals surface area contributed by atoms with Crippen molar-refractivity contribution >= 4 is 5.91 Å². The molecule has 33 heavy (non-hydrogen) atoms. The van der Waals surface area contributed by atoms with Crippen molar-refractivity contribution in [3.8, 4) is 22.8 Å².